The van der Waals surface area contributed by atoms with E-state index in [0.717, 1.165) is 49.5 Å². The van der Waals surface area contributed by atoms with E-state index < -0.39 is 0 Å². The predicted molar refractivity (Wildman–Crippen MR) is 136 cm³/mol. The van der Waals surface area contributed by atoms with Crippen LogP contribution in [0.1, 0.15) is 12.8 Å². The van der Waals surface area contributed by atoms with Gasteiger partial charge < -0.3 is 9.81 Å². The molecule has 0 fully saturated rings. The molecule has 0 bridgehead atoms. The van der Waals surface area contributed by atoms with Gasteiger partial charge in [-0.3, -0.25) is 0 Å². The molecule has 0 rings (SSSR count). The van der Waals surface area contributed by atoms with Crippen molar-refractivity contribution in [2.45, 2.75) is 38.1 Å². The Morgan fingerprint density at radius 1 is 0.500 bits per heavy atom. The molecule has 0 aromatic carbocycles. The summed E-state index contributed by atoms with van der Waals surface area (Å²) in [5, 5.41) is 0. The lowest BCUT2D eigenvalue weighted by Crippen LogP contribution is -2.10. The van der Waals surface area contributed by atoms with Gasteiger partial charge in [0.1, 0.15) is 0 Å². The maximum atomic E-state index is 4.55. The number of nitrogens with zero attached hydrogens (tertiary/aromatic N) is 2. The SMILES string of the molecule is C=CCB(CC=C)/N=C(/C=C)CC=C.C=CCB(CC=C)/N=C(/C=C)CC=C. The van der Waals surface area contributed by atoms with Crippen LogP contribution in [-0.4, -0.2) is 25.1 Å². The van der Waals surface area contributed by atoms with Gasteiger partial charge in [-0.15, -0.1) is 39.5 Å². The number of rotatable bonds is 16. The topological polar surface area (TPSA) is 24.7 Å². The minimum atomic E-state index is 0.248. The second-order valence-corrected chi connectivity index (χ2v) is 6.04. The van der Waals surface area contributed by atoms with Gasteiger partial charge >= 0.3 is 0 Å². The van der Waals surface area contributed by atoms with Crippen molar-refractivity contribution in [3.8, 4) is 0 Å². The molecule has 0 aliphatic carbocycles. The summed E-state index contributed by atoms with van der Waals surface area (Å²) in [6.07, 6.45) is 19.8. The van der Waals surface area contributed by atoms with E-state index in [2.05, 4.69) is 62.4 Å². The van der Waals surface area contributed by atoms with E-state index in [0.29, 0.717) is 0 Å². The molecule has 0 radical (unpaired) electrons. The molecule has 0 unspecified atom stereocenters. The fourth-order valence-corrected chi connectivity index (χ4v) is 2.32. The van der Waals surface area contributed by atoms with Crippen molar-refractivity contribution in [3.05, 3.63) is 101 Å². The van der Waals surface area contributed by atoms with Crippen LogP contribution in [0.2, 0.25) is 25.3 Å². The largest absolute Gasteiger partial charge is 0.345 e. The van der Waals surface area contributed by atoms with Gasteiger partial charge in [-0.05, 0) is 37.4 Å². The van der Waals surface area contributed by atoms with Crippen LogP contribution in [0.5, 0.6) is 0 Å². The van der Waals surface area contributed by atoms with Crippen molar-refractivity contribution < 1.29 is 0 Å². The zero-order valence-corrected chi connectivity index (χ0v) is 17.6. The average Bonchev–Trinajstić information content (AvgIpc) is 2.68. The lowest BCUT2D eigenvalue weighted by molar-refractivity contribution is 1.42. The third-order valence-electron chi connectivity index (χ3n) is 3.63. The Morgan fingerprint density at radius 2 is 0.786 bits per heavy atom. The molecule has 0 aliphatic heterocycles. The van der Waals surface area contributed by atoms with Crippen LogP contribution in [-0.2, 0) is 0 Å². The van der Waals surface area contributed by atoms with Gasteiger partial charge in [0.2, 0.25) is 0 Å². The van der Waals surface area contributed by atoms with Gasteiger partial charge in [0, 0.05) is 24.3 Å². The van der Waals surface area contributed by atoms with E-state index in [9.17, 15) is 0 Å². The molecule has 0 N–H and O–H groups in total. The maximum Gasteiger partial charge on any atom is 0.287 e. The van der Waals surface area contributed by atoms with Gasteiger partial charge in [-0.25, -0.2) is 0 Å². The Balaban J connectivity index is 0. The van der Waals surface area contributed by atoms with E-state index in [1.165, 1.54) is 0 Å². The molecule has 0 aromatic rings. The molecule has 2 nitrogen and oxygen atoms in total. The minimum absolute atomic E-state index is 0.248. The smallest absolute Gasteiger partial charge is 0.287 e. The second-order valence-electron chi connectivity index (χ2n) is 6.04. The molecule has 0 aromatic heterocycles. The van der Waals surface area contributed by atoms with Gasteiger partial charge in [0.05, 0.1) is 0 Å². The van der Waals surface area contributed by atoms with Crippen molar-refractivity contribution in [2.75, 3.05) is 0 Å². The quantitative estimate of drug-likeness (QED) is 0.156. The normalized spacial score (nSPS) is 10.4. The fourth-order valence-electron chi connectivity index (χ4n) is 2.32. The maximum absolute atomic E-state index is 4.55. The Kier molecular flexibility index (Phi) is 20.4. The standard InChI is InChI=1S/2C12H18BN/c2*1-5-9-12(8-4)14-13(10-6-2)11-7-3/h2*5-8H,1-4,9-11H2/b2*14-12-. The van der Waals surface area contributed by atoms with E-state index in [4.69, 9.17) is 0 Å². The van der Waals surface area contributed by atoms with E-state index in [1.54, 1.807) is 12.2 Å². The van der Waals surface area contributed by atoms with Gasteiger partial charge in [0.25, 0.3) is 13.7 Å². The summed E-state index contributed by atoms with van der Waals surface area (Å²) < 4.78 is 0. The van der Waals surface area contributed by atoms with E-state index in [-0.39, 0.29) is 13.7 Å². The van der Waals surface area contributed by atoms with Crippen molar-refractivity contribution >= 4 is 25.1 Å². The van der Waals surface area contributed by atoms with Crippen LogP contribution >= 0.6 is 0 Å². The van der Waals surface area contributed by atoms with Crippen LogP contribution in [0.3, 0.4) is 0 Å². The number of hydrogen-bond donors (Lipinski definition) is 0. The molecule has 0 aliphatic rings. The molecule has 0 amide bonds. The molecular weight excluding hydrogens is 338 g/mol. The fraction of sp³-hybridized carbons (Fsp3) is 0.250. The van der Waals surface area contributed by atoms with Gasteiger partial charge in [-0.2, -0.15) is 0 Å². The molecule has 4 heteroatoms. The molecule has 148 valence electrons. The average molecular weight is 374 g/mol. The summed E-state index contributed by atoms with van der Waals surface area (Å²) in [6, 6.07) is 0. The monoisotopic (exact) mass is 374 g/mol. The highest BCUT2D eigenvalue weighted by molar-refractivity contribution is 6.60. The number of hydrogen-bond acceptors (Lipinski definition) is 2. The Morgan fingerprint density at radius 3 is 0.964 bits per heavy atom. The summed E-state index contributed by atoms with van der Waals surface area (Å²) in [5.74, 6) is 0. The first kappa shape index (κ1) is 27.6. The van der Waals surface area contributed by atoms with Crippen molar-refractivity contribution in [2.24, 2.45) is 9.81 Å². The zero-order valence-electron chi connectivity index (χ0n) is 17.6. The lowest BCUT2D eigenvalue weighted by Gasteiger charge is -2.04. The molecule has 28 heavy (non-hydrogen) atoms. The molecule has 0 spiro atoms. The summed E-state index contributed by atoms with van der Waals surface area (Å²) in [7, 11) is 0. The molecule has 0 saturated carbocycles. The van der Waals surface area contributed by atoms with Crippen molar-refractivity contribution in [3.63, 3.8) is 0 Å². The van der Waals surface area contributed by atoms with Crippen LogP contribution in [0.4, 0.5) is 0 Å². The summed E-state index contributed by atoms with van der Waals surface area (Å²) in [4.78, 5) is 9.10. The summed E-state index contributed by atoms with van der Waals surface area (Å²) in [6.45, 7) is 30.1. The predicted octanol–water partition coefficient (Wildman–Crippen LogP) is 7.11. The third-order valence-corrected chi connectivity index (χ3v) is 3.63. The molecule has 0 heterocycles. The Hall–Kier alpha value is -2.61. The van der Waals surface area contributed by atoms with Crippen molar-refractivity contribution in [1.29, 1.82) is 0 Å². The number of allylic oxidation sites excluding steroid dienone is 8. The highest BCUT2D eigenvalue weighted by Gasteiger charge is 2.09. The first-order chi connectivity index (χ1) is 13.6. The van der Waals surface area contributed by atoms with Gasteiger partial charge in [0.15, 0.2) is 0 Å². The van der Waals surface area contributed by atoms with E-state index >= 15 is 0 Å². The zero-order chi connectivity index (χ0) is 21.6. The highest BCUT2D eigenvalue weighted by atomic mass is 14.6. The van der Waals surface area contributed by atoms with Crippen LogP contribution in [0, 0.1) is 0 Å². The van der Waals surface area contributed by atoms with Crippen LogP contribution in [0.15, 0.2) is 111 Å². The second kappa shape index (κ2) is 20.7. The highest BCUT2D eigenvalue weighted by Crippen LogP contribution is 2.06. The van der Waals surface area contributed by atoms with E-state index in [1.807, 2.05) is 36.5 Å². The third kappa shape index (κ3) is 15.6. The Labute approximate surface area is 174 Å². The molecular formula is C24H36B2N2. The lowest BCUT2D eigenvalue weighted by atomic mass is 9.57. The Bertz CT molecular complexity index is 513. The van der Waals surface area contributed by atoms with Crippen molar-refractivity contribution in [1.82, 2.24) is 0 Å². The van der Waals surface area contributed by atoms with Crippen LogP contribution in [0.25, 0.3) is 0 Å². The summed E-state index contributed by atoms with van der Waals surface area (Å²) in [5.41, 5.74) is 1.96. The minimum Gasteiger partial charge on any atom is -0.345 e. The molecule has 0 atom stereocenters. The molecule has 0 saturated heterocycles. The first-order valence-corrected chi connectivity index (χ1v) is 9.60. The van der Waals surface area contributed by atoms with Gasteiger partial charge in [-0.1, -0.05) is 49.6 Å². The summed E-state index contributed by atoms with van der Waals surface area (Å²) >= 11 is 0. The first-order valence-electron chi connectivity index (χ1n) is 9.60. The van der Waals surface area contributed by atoms with Crippen LogP contribution < -0.4 is 0 Å².